The van der Waals surface area contributed by atoms with Crippen molar-refractivity contribution in [2.45, 2.75) is 20.8 Å². The smallest absolute Gasteiger partial charge is 0.279 e. The summed E-state index contributed by atoms with van der Waals surface area (Å²) in [4.78, 5) is 36.5. The van der Waals surface area contributed by atoms with Crippen molar-refractivity contribution in [3.05, 3.63) is 29.8 Å². The second kappa shape index (κ2) is 10.4. The van der Waals surface area contributed by atoms with E-state index in [1.54, 1.807) is 24.3 Å². The van der Waals surface area contributed by atoms with E-state index in [9.17, 15) is 14.4 Å². The van der Waals surface area contributed by atoms with Gasteiger partial charge in [-0.15, -0.1) is 0 Å². The molecule has 1 aromatic rings. The van der Waals surface area contributed by atoms with Crippen LogP contribution in [0.1, 0.15) is 31.1 Å². The quantitative estimate of drug-likeness (QED) is 0.486. The minimum atomic E-state index is -0.191. The highest BCUT2D eigenvalue weighted by Crippen LogP contribution is 2.10. The maximum atomic E-state index is 12.2. The lowest BCUT2D eigenvalue weighted by Gasteiger charge is -2.16. The van der Waals surface area contributed by atoms with Gasteiger partial charge in [0, 0.05) is 24.3 Å². The maximum absolute atomic E-state index is 12.2. The van der Waals surface area contributed by atoms with Gasteiger partial charge in [0.25, 0.3) is 17.7 Å². The van der Waals surface area contributed by atoms with Gasteiger partial charge in [-0.1, -0.05) is 6.07 Å². The Morgan fingerprint density at radius 2 is 1.62 bits per heavy atom. The predicted octanol–water partition coefficient (Wildman–Crippen LogP) is -0.584. The molecule has 0 fully saturated rings. The Kier molecular flexibility index (Phi) is 8.49. The Labute approximate surface area is 142 Å². The van der Waals surface area contributed by atoms with Crippen molar-refractivity contribution in [1.29, 1.82) is 0 Å². The third-order valence-electron chi connectivity index (χ3n) is 3.44. The van der Waals surface area contributed by atoms with Crippen LogP contribution in [0.15, 0.2) is 24.3 Å². The van der Waals surface area contributed by atoms with Crippen LogP contribution in [0.5, 0.6) is 0 Å². The highest BCUT2D eigenvalue weighted by molar-refractivity contribution is 5.97. The molecule has 0 spiro atoms. The highest BCUT2D eigenvalue weighted by Gasteiger charge is 2.16. The number of nitrogens with one attached hydrogen (secondary N) is 4. The van der Waals surface area contributed by atoms with E-state index in [-0.39, 0.29) is 30.8 Å². The molecule has 1 rings (SSSR count). The van der Waals surface area contributed by atoms with Gasteiger partial charge in [0.1, 0.15) is 0 Å². The first kappa shape index (κ1) is 19.6. The van der Waals surface area contributed by atoms with Gasteiger partial charge in [0.2, 0.25) is 0 Å². The molecule has 0 saturated heterocycles. The highest BCUT2D eigenvalue weighted by atomic mass is 16.2. The fraction of sp³-hybridized carbons (Fsp3) is 0.471. The fourth-order valence-electron chi connectivity index (χ4n) is 2.23. The van der Waals surface area contributed by atoms with Crippen LogP contribution >= 0.6 is 0 Å². The van der Waals surface area contributed by atoms with Crippen LogP contribution in [0.4, 0.5) is 5.69 Å². The van der Waals surface area contributed by atoms with Crippen molar-refractivity contribution < 1.29 is 19.3 Å². The predicted molar refractivity (Wildman–Crippen MR) is 93.0 cm³/mol. The van der Waals surface area contributed by atoms with E-state index in [1.165, 1.54) is 0 Å². The molecule has 1 aromatic carbocycles. The summed E-state index contributed by atoms with van der Waals surface area (Å²) in [6, 6.07) is 6.78. The van der Waals surface area contributed by atoms with Gasteiger partial charge in [-0.25, -0.2) is 0 Å². The maximum Gasteiger partial charge on any atom is 0.279 e. The van der Waals surface area contributed by atoms with E-state index in [0.29, 0.717) is 30.9 Å². The first-order valence-corrected chi connectivity index (χ1v) is 8.28. The molecule has 4 N–H and O–H groups in total. The van der Waals surface area contributed by atoms with Crippen molar-refractivity contribution in [2.24, 2.45) is 0 Å². The van der Waals surface area contributed by atoms with Gasteiger partial charge in [-0.05, 0) is 39.0 Å². The molecule has 0 saturated carbocycles. The molecule has 1 unspecified atom stereocenters. The van der Waals surface area contributed by atoms with E-state index in [0.717, 1.165) is 4.90 Å². The number of anilines is 1. The summed E-state index contributed by atoms with van der Waals surface area (Å²) >= 11 is 0. The Morgan fingerprint density at radius 3 is 2.25 bits per heavy atom. The van der Waals surface area contributed by atoms with Gasteiger partial charge < -0.3 is 20.9 Å². The first-order valence-electron chi connectivity index (χ1n) is 8.28. The van der Waals surface area contributed by atoms with Crippen LogP contribution in [0.25, 0.3) is 0 Å². The zero-order valence-corrected chi connectivity index (χ0v) is 14.6. The van der Waals surface area contributed by atoms with E-state index in [1.807, 2.05) is 20.8 Å². The Morgan fingerprint density at radius 1 is 0.958 bits per heavy atom. The summed E-state index contributed by atoms with van der Waals surface area (Å²) in [6.07, 6.45) is 0. The lowest BCUT2D eigenvalue weighted by Crippen LogP contribution is -3.14. The number of rotatable bonds is 9. The van der Waals surface area contributed by atoms with Crippen molar-refractivity contribution in [2.75, 3.05) is 38.0 Å². The number of quaternary nitrogens is 1. The van der Waals surface area contributed by atoms with Crippen molar-refractivity contribution in [3.63, 3.8) is 0 Å². The molecule has 24 heavy (non-hydrogen) atoms. The lowest BCUT2D eigenvalue weighted by atomic mass is 10.2. The minimum absolute atomic E-state index is 0.0691. The largest absolute Gasteiger partial charge is 0.352 e. The molecule has 0 bridgehead atoms. The fourth-order valence-corrected chi connectivity index (χ4v) is 2.23. The van der Waals surface area contributed by atoms with Crippen LogP contribution in [0.3, 0.4) is 0 Å². The minimum Gasteiger partial charge on any atom is -0.352 e. The number of amides is 3. The zero-order chi connectivity index (χ0) is 17.9. The average molecular weight is 335 g/mol. The number of carbonyl (C=O) groups excluding carboxylic acids is 3. The van der Waals surface area contributed by atoms with Crippen molar-refractivity contribution in [3.8, 4) is 0 Å². The number of carbonyl (C=O) groups is 3. The molecule has 7 heteroatoms. The number of hydrogen-bond donors (Lipinski definition) is 4. The average Bonchev–Trinajstić information content (AvgIpc) is 2.54. The number of benzene rings is 1. The molecule has 0 aliphatic heterocycles. The second-order valence-corrected chi connectivity index (χ2v) is 5.40. The van der Waals surface area contributed by atoms with Gasteiger partial charge in [0.15, 0.2) is 13.1 Å². The molecule has 7 nitrogen and oxygen atoms in total. The van der Waals surface area contributed by atoms with Crippen molar-refractivity contribution >= 4 is 23.4 Å². The Bertz CT molecular complexity index is 575. The van der Waals surface area contributed by atoms with E-state index >= 15 is 0 Å². The van der Waals surface area contributed by atoms with Gasteiger partial charge in [-0.2, -0.15) is 0 Å². The SMILES string of the molecule is CCNC(=O)C[NH+](CC)CC(=O)Nc1cccc(C(=O)NCC)c1. The normalized spacial score (nSPS) is 11.5. The first-order chi connectivity index (χ1) is 11.5. The van der Waals surface area contributed by atoms with E-state index in [4.69, 9.17) is 0 Å². The summed E-state index contributed by atoms with van der Waals surface area (Å²) in [5.41, 5.74) is 1.06. The molecule has 0 aliphatic rings. The second-order valence-electron chi connectivity index (χ2n) is 5.40. The van der Waals surface area contributed by atoms with Gasteiger partial charge >= 0.3 is 0 Å². The Balaban J connectivity index is 2.62. The molecule has 0 aliphatic carbocycles. The third-order valence-corrected chi connectivity index (χ3v) is 3.44. The molecule has 0 radical (unpaired) electrons. The Hall–Kier alpha value is -2.41. The van der Waals surface area contributed by atoms with Crippen LogP contribution in [-0.4, -0.2) is 50.4 Å². The molecule has 132 valence electrons. The number of hydrogen-bond acceptors (Lipinski definition) is 3. The summed E-state index contributed by atoms with van der Waals surface area (Å²) in [7, 11) is 0. The van der Waals surface area contributed by atoms with Crippen LogP contribution in [0, 0.1) is 0 Å². The molecule has 0 aromatic heterocycles. The molecule has 1 atom stereocenters. The zero-order valence-electron chi connectivity index (χ0n) is 14.6. The summed E-state index contributed by atoms with van der Waals surface area (Å²) in [5, 5.41) is 8.22. The summed E-state index contributed by atoms with van der Waals surface area (Å²) in [6.45, 7) is 7.88. The molecule has 0 heterocycles. The van der Waals surface area contributed by atoms with Crippen LogP contribution < -0.4 is 20.9 Å². The molecular weight excluding hydrogens is 308 g/mol. The van der Waals surface area contributed by atoms with Crippen LogP contribution in [0.2, 0.25) is 0 Å². The van der Waals surface area contributed by atoms with Crippen LogP contribution in [-0.2, 0) is 9.59 Å². The third kappa shape index (κ3) is 6.78. The van der Waals surface area contributed by atoms with Gasteiger partial charge in [-0.3, -0.25) is 14.4 Å². The molecule has 3 amide bonds. The summed E-state index contributed by atoms with van der Waals surface area (Å²) in [5.74, 6) is -0.435. The monoisotopic (exact) mass is 335 g/mol. The van der Waals surface area contributed by atoms with Gasteiger partial charge in [0.05, 0.1) is 6.54 Å². The van der Waals surface area contributed by atoms with Crippen molar-refractivity contribution in [1.82, 2.24) is 10.6 Å². The molecular formula is C17H27N4O3+. The van der Waals surface area contributed by atoms with E-state index in [2.05, 4.69) is 16.0 Å². The number of likely N-dealkylation sites (N-methyl/N-ethyl adjacent to an activating group) is 2. The summed E-state index contributed by atoms with van der Waals surface area (Å²) < 4.78 is 0. The standard InChI is InChI=1S/C17H26N4O3/c1-4-18-15(22)11-21(6-3)12-16(23)20-14-9-7-8-13(10-14)17(24)19-5-2/h7-10H,4-6,11-12H2,1-3H3,(H,18,22)(H,19,24)(H,20,23)/p+1. The lowest BCUT2D eigenvalue weighted by molar-refractivity contribution is -0.881. The topological polar surface area (TPSA) is 91.7 Å². The van der Waals surface area contributed by atoms with E-state index < -0.39 is 0 Å².